The summed E-state index contributed by atoms with van der Waals surface area (Å²) >= 11 is 0. The van der Waals surface area contributed by atoms with Crippen molar-refractivity contribution < 1.29 is 76.6 Å². The van der Waals surface area contributed by atoms with E-state index < -0.39 is 10.4 Å². The van der Waals surface area contributed by atoms with Gasteiger partial charge in [0.25, 0.3) is 0 Å². The maximum atomic E-state index is 8.52. The number of hydrogen-bond acceptors (Lipinski definition) is 4. The fourth-order valence-corrected chi connectivity index (χ4v) is 0. The van der Waals surface area contributed by atoms with Crippen LogP contribution in [0.25, 0.3) is 0 Å². The maximum absolute atomic E-state index is 8.52. The smallest absolute Gasteiger partial charge is 0.759 e. The Labute approximate surface area is 108 Å². The van der Waals surface area contributed by atoms with Crippen LogP contribution >= 0.6 is 0 Å². The van der Waals surface area contributed by atoms with E-state index in [9.17, 15) is 0 Å². The summed E-state index contributed by atoms with van der Waals surface area (Å²) in [6.07, 6.45) is 0. The Kier molecular flexibility index (Phi) is 27.0. The molecule has 0 saturated heterocycles. The van der Waals surface area contributed by atoms with Gasteiger partial charge < -0.3 is 9.11 Å². The predicted octanol–water partition coefficient (Wildman–Crippen LogP) is -8.25. The monoisotopic (exact) mass is 168 g/mol. The third kappa shape index (κ3) is 72.5. The fourth-order valence-electron chi connectivity index (χ4n) is 0. The Morgan fingerprint density at radius 2 is 1.00 bits per heavy atom. The first kappa shape index (κ1) is 22.4. The van der Waals surface area contributed by atoms with E-state index in [4.69, 9.17) is 17.5 Å². The van der Waals surface area contributed by atoms with Crippen molar-refractivity contribution in [3.05, 3.63) is 0 Å². The molecule has 0 aliphatic carbocycles. The van der Waals surface area contributed by atoms with Gasteiger partial charge in [-0.3, -0.25) is 8.42 Å². The summed E-state index contributed by atoms with van der Waals surface area (Å²) in [6, 6.07) is 0. The van der Waals surface area contributed by atoms with E-state index in [0.29, 0.717) is 0 Å². The van der Waals surface area contributed by atoms with Gasteiger partial charge in [-0.2, -0.15) is 0 Å². The first-order valence-electron chi connectivity index (χ1n) is 0.667. The molecule has 0 aromatic carbocycles. The summed E-state index contributed by atoms with van der Waals surface area (Å²) in [5, 5.41) is 0. The van der Waals surface area contributed by atoms with Crippen LogP contribution < -0.4 is 59.1 Å². The summed E-state index contributed by atoms with van der Waals surface area (Å²) in [4.78, 5) is 0. The van der Waals surface area contributed by atoms with Crippen molar-refractivity contribution in [2.24, 2.45) is 0 Å². The van der Waals surface area contributed by atoms with Gasteiger partial charge in [-0.15, -0.1) is 0 Å². The van der Waals surface area contributed by atoms with Crippen molar-refractivity contribution in [1.82, 2.24) is 0 Å². The van der Waals surface area contributed by atoms with Crippen molar-refractivity contribution in [3.8, 4) is 0 Å². The molecule has 0 fully saturated rings. The van der Waals surface area contributed by atoms with Crippen LogP contribution in [0.4, 0.5) is 0 Å². The molecule has 4 nitrogen and oxygen atoms in total. The van der Waals surface area contributed by atoms with Crippen molar-refractivity contribution in [1.29, 1.82) is 0 Å². The third-order valence-corrected chi connectivity index (χ3v) is 0. The van der Waals surface area contributed by atoms with Crippen LogP contribution in [0, 0.1) is 0 Å². The van der Waals surface area contributed by atoms with E-state index in [1.807, 2.05) is 0 Å². The van der Waals surface area contributed by atoms with Gasteiger partial charge in [-0.05, 0) is 0 Å². The zero-order valence-electron chi connectivity index (χ0n) is 4.04. The molecule has 0 aromatic heterocycles. The maximum Gasteiger partial charge on any atom is 1.00 e. The summed E-state index contributed by atoms with van der Waals surface area (Å²) in [5.41, 5.74) is 0. The molecule has 0 saturated carbocycles. The minimum absolute atomic E-state index is 0. The van der Waals surface area contributed by atoms with E-state index in [1.54, 1.807) is 0 Å². The summed E-state index contributed by atoms with van der Waals surface area (Å²) in [6.45, 7) is 0. The molecule has 0 aliphatic heterocycles. The third-order valence-electron chi connectivity index (χ3n) is 0. The molecule has 0 aromatic rings. The van der Waals surface area contributed by atoms with Crippen molar-refractivity contribution in [2.45, 2.75) is 0 Å². The van der Waals surface area contributed by atoms with Crippen LogP contribution in [0.5, 0.6) is 0 Å². The van der Waals surface area contributed by atoms with Crippen LogP contribution in [0.2, 0.25) is 0 Å². The van der Waals surface area contributed by atoms with Crippen LogP contribution in [-0.2, 0) is 10.4 Å². The van der Waals surface area contributed by atoms with Crippen LogP contribution in [-0.4, -0.2) is 40.6 Å². The van der Waals surface area contributed by atoms with Gasteiger partial charge in [0.15, 0.2) is 0 Å². The normalized spacial score (nSPS) is 7.25. The Balaban J connectivity index is -0.0000000267. The average molecular weight is 168 g/mol. The van der Waals surface area contributed by atoms with Gasteiger partial charge in [-0.1, -0.05) is 0 Å². The molecule has 0 amide bonds. The molecule has 36 valence electrons. The molecule has 0 unspecified atom stereocenters. The summed E-state index contributed by atoms with van der Waals surface area (Å²) in [7, 11) is -5.17. The van der Waals surface area contributed by atoms with Gasteiger partial charge in [-0.25, -0.2) is 0 Å². The second-order valence-electron chi connectivity index (χ2n) is 0.408. The van der Waals surface area contributed by atoms with Gasteiger partial charge in [0.1, 0.15) is 0 Å². The Morgan fingerprint density at radius 1 is 1.00 bits per heavy atom. The van der Waals surface area contributed by atoms with Crippen molar-refractivity contribution in [2.75, 3.05) is 0 Å². The quantitative estimate of drug-likeness (QED) is 0.204. The standard InChI is InChI=1S/Mg.2Na.H2O4S.2H/c;;;1-5(2,3)4;;/h;;;(H2,1,2,3,4);;/q;2*+1;;;/p-2. The Bertz CT molecular complexity index is 97.2. The largest absolute Gasteiger partial charge is 1.00 e. The van der Waals surface area contributed by atoms with Crippen LogP contribution in [0.3, 0.4) is 0 Å². The predicted molar refractivity (Wildman–Crippen MR) is 19.0 cm³/mol. The molecule has 0 spiro atoms. The second kappa shape index (κ2) is 9.64. The first-order valence-corrected chi connectivity index (χ1v) is 2.00. The Morgan fingerprint density at radius 3 is 1.00 bits per heavy atom. The first-order chi connectivity index (χ1) is 2.00. The van der Waals surface area contributed by atoms with Gasteiger partial charge >= 0.3 is 82.2 Å². The SMILES string of the molecule is O=S(=O)([O-])[O-].[MgH2].[Na+].[Na+]. The van der Waals surface area contributed by atoms with Crippen LogP contribution in [0.15, 0.2) is 0 Å². The second-order valence-corrected chi connectivity index (χ2v) is 1.22. The van der Waals surface area contributed by atoms with Crippen molar-refractivity contribution >= 4 is 33.5 Å². The molecule has 0 N–H and O–H groups in total. The number of rotatable bonds is 0. The van der Waals surface area contributed by atoms with E-state index in [0.717, 1.165) is 0 Å². The summed E-state index contributed by atoms with van der Waals surface area (Å²) in [5.74, 6) is 0. The molecule has 0 bridgehead atoms. The summed E-state index contributed by atoms with van der Waals surface area (Å²) < 4.78 is 34.1. The number of hydrogen-bond donors (Lipinski definition) is 0. The van der Waals surface area contributed by atoms with Gasteiger partial charge in [0.2, 0.25) is 0 Å². The Hall–Kier alpha value is 2.64. The van der Waals surface area contributed by atoms with E-state index in [-0.39, 0.29) is 82.2 Å². The van der Waals surface area contributed by atoms with Gasteiger partial charge in [0, 0.05) is 10.4 Å². The van der Waals surface area contributed by atoms with Crippen LogP contribution in [0.1, 0.15) is 0 Å². The molecule has 8 heteroatoms. The molecule has 0 heterocycles. The minimum atomic E-state index is -5.17. The molecule has 0 atom stereocenters. The average Bonchev–Trinajstić information content (AvgIpc) is 0.722. The molecule has 8 heavy (non-hydrogen) atoms. The van der Waals surface area contributed by atoms with E-state index in [2.05, 4.69) is 0 Å². The molecular weight excluding hydrogens is 166 g/mol. The minimum Gasteiger partial charge on any atom is -0.759 e. The molecular formula is H2MgNa2O4S. The fraction of sp³-hybridized carbons (Fsp3) is 0. The molecule has 0 aliphatic rings. The van der Waals surface area contributed by atoms with Crippen molar-refractivity contribution in [3.63, 3.8) is 0 Å². The van der Waals surface area contributed by atoms with E-state index in [1.165, 1.54) is 0 Å². The molecule has 0 radical (unpaired) electrons. The zero-order valence-corrected chi connectivity index (χ0v) is 8.86. The zero-order chi connectivity index (χ0) is 4.50. The van der Waals surface area contributed by atoms with Gasteiger partial charge in [0.05, 0.1) is 0 Å². The van der Waals surface area contributed by atoms with E-state index >= 15 is 0 Å². The molecule has 0 rings (SSSR count). The topological polar surface area (TPSA) is 80.3 Å².